The predicted molar refractivity (Wildman–Crippen MR) is 152 cm³/mol. The van der Waals surface area contributed by atoms with Crippen LogP contribution >= 0.6 is 11.8 Å². The number of carbonyl (C=O) groups is 1. The molecule has 5 rings (SSSR count). The maximum absolute atomic E-state index is 12.8. The molecule has 8 heteroatoms. The highest BCUT2D eigenvalue weighted by Gasteiger charge is 2.36. The quantitative estimate of drug-likeness (QED) is 0.284. The number of nitrogens with zero attached hydrogens (tertiary/aromatic N) is 2. The van der Waals surface area contributed by atoms with Crippen molar-refractivity contribution in [2.75, 3.05) is 20.3 Å². The van der Waals surface area contributed by atoms with Crippen molar-refractivity contribution in [3.63, 3.8) is 0 Å². The minimum Gasteiger partial charge on any atom is -0.493 e. The summed E-state index contributed by atoms with van der Waals surface area (Å²) in [5.74, 6) is 1.57. The van der Waals surface area contributed by atoms with Gasteiger partial charge in [-0.3, -0.25) is 15.1 Å². The van der Waals surface area contributed by atoms with Gasteiger partial charge in [-0.2, -0.15) is 4.99 Å². The summed E-state index contributed by atoms with van der Waals surface area (Å²) >= 11 is 1.34. The zero-order valence-corrected chi connectivity index (χ0v) is 22.2. The van der Waals surface area contributed by atoms with E-state index in [0.29, 0.717) is 35.4 Å². The van der Waals surface area contributed by atoms with E-state index in [1.54, 1.807) is 30.2 Å². The molecule has 0 atom stereocenters. The van der Waals surface area contributed by atoms with Gasteiger partial charge in [0.25, 0.3) is 5.91 Å². The fraction of sp³-hybridized carbons (Fsp3) is 0.167. The molecule has 0 aromatic heterocycles. The SMILES string of the molecule is COc1cc(/C=C2/C(=N)N3C(c4ccccc4)=CSC3=NC2=O)ccc1OCCOc1cc(C)ccc1C. The van der Waals surface area contributed by atoms with Gasteiger partial charge in [0.05, 0.1) is 18.4 Å². The van der Waals surface area contributed by atoms with Gasteiger partial charge in [-0.1, -0.05) is 60.3 Å². The van der Waals surface area contributed by atoms with Crippen LogP contribution in [0, 0.1) is 19.3 Å². The van der Waals surface area contributed by atoms with Crippen molar-refractivity contribution >= 4 is 40.4 Å². The Bertz CT molecular complexity index is 1490. The van der Waals surface area contributed by atoms with Crippen LogP contribution in [0.4, 0.5) is 0 Å². The molecule has 0 saturated carbocycles. The van der Waals surface area contributed by atoms with Crippen LogP contribution in [-0.4, -0.2) is 42.1 Å². The molecule has 1 N–H and O–H groups in total. The molecule has 0 unspecified atom stereocenters. The number of hydrogen-bond acceptors (Lipinski definition) is 6. The zero-order chi connectivity index (χ0) is 26.6. The molecule has 3 aromatic rings. The van der Waals surface area contributed by atoms with Crippen molar-refractivity contribution in [3.8, 4) is 17.2 Å². The van der Waals surface area contributed by atoms with Crippen LogP contribution in [0.25, 0.3) is 11.8 Å². The summed E-state index contributed by atoms with van der Waals surface area (Å²) in [5.41, 5.74) is 4.89. The fourth-order valence-corrected chi connectivity index (χ4v) is 5.03. The minimum absolute atomic E-state index is 0.0861. The first-order valence-corrected chi connectivity index (χ1v) is 13.0. The number of fused-ring (bicyclic) bond motifs is 1. The van der Waals surface area contributed by atoms with Crippen LogP contribution in [0.1, 0.15) is 22.3 Å². The number of hydrogen-bond donors (Lipinski definition) is 1. The largest absolute Gasteiger partial charge is 0.493 e. The van der Waals surface area contributed by atoms with Gasteiger partial charge >= 0.3 is 0 Å². The topological polar surface area (TPSA) is 84.2 Å². The second-order valence-corrected chi connectivity index (χ2v) is 9.64. The van der Waals surface area contributed by atoms with Gasteiger partial charge in [0.15, 0.2) is 16.7 Å². The van der Waals surface area contributed by atoms with Crippen molar-refractivity contribution in [1.82, 2.24) is 4.90 Å². The van der Waals surface area contributed by atoms with Crippen molar-refractivity contribution in [2.45, 2.75) is 13.8 Å². The average Bonchev–Trinajstić information content (AvgIpc) is 3.35. The minimum atomic E-state index is -0.445. The summed E-state index contributed by atoms with van der Waals surface area (Å²) in [6, 6.07) is 21.2. The number of amidine groups is 2. The van der Waals surface area contributed by atoms with E-state index in [0.717, 1.165) is 28.1 Å². The monoisotopic (exact) mass is 525 g/mol. The molecule has 0 saturated heterocycles. The Balaban J connectivity index is 1.30. The van der Waals surface area contributed by atoms with Gasteiger partial charge < -0.3 is 14.2 Å². The van der Waals surface area contributed by atoms with Crippen LogP contribution in [0.15, 0.2) is 82.7 Å². The van der Waals surface area contributed by atoms with E-state index in [1.807, 2.05) is 67.8 Å². The first kappa shape index (κ1) is 25.4. The van der Waals surface area contributed by atoms with Gasteiger partial charge in [0.2, 0.25) is 0 Å². The third-order valence-electron chi connectivity index (χ3n) is 6.12. The van der Waals surface area contributed by atoms with Crippen LogP contribution < -0.4 is 14.2 Å². The average molecular weight is 526 g/mol. The highest BCUT2D eigenvalue weighted by Crippen LogP contribution is 2.37. The maximum atomic E-state index is 12.8. The summed E-state index contributed by atoms with van der Waals surface area (Å²) < 4.78 is 17.3. The summed E-state index contributed by atoms with van der Waals surface area (Å²) in [6.07, 6.45) is 1.66. The number of aryl methyl sites for hydroxylation is 2. The molecule has 192 valence electrons. The first-order chi connectivity index (χ1) is 18.4. The zero-order valence-electron chi connectivity index (χ0n) is 21.4. The lowest BCUT2D eigenvalue weighted by atomic mass is 10.1. The molecule has 38 heavy (non-hydrogen) atoms. The molecule has 3 aromatic carbocycles. The number of ether oxygens (including phenoxy) is 3. The number of rotatable bonds is 8. The second kappa shape index (κ2) is 11.0. The normalized spacial score (nSPS) is 15.8. The van der Waals surface area contributed by atoms with E-state index in [2.05, 4.69) is 11.1 Å². The van der Waals surface area contributed by atoms with E-state index in [-0.39, 0.29) is 11.4 Å². The van der Waals surface area contributed by atoms with Crippen molar-refractivity contribution < 1.29 is 19.0 Å². The summed E-state index contributed by atoms with van der Waals surface area (Å²) in [4.78, 5) is 18.8. The second-order valence-electron chi connectivity index (χ2n) is 8.80. The fourth-order valence-electron chi connectivity index (χ4n) is 4.14. The van der Waals surface area contributed by atoms with E-state index < -0.39 is 5.91 Å². The van der Waals surface area contributed by atoms with Gasteiger partial charge in [-0.25, -0.2) is 0 Å². The lowest BCUT2D eigenvalue weighted by Gasteiger charge is -2.27. The predicted octanol–water partition coefficient (Wildman–Crippen LogP) is 6.07. The molecular weight excluding hydrogens is 498 g/mol. The highest BCUT2D eigenvalue weighted by molar-refractivity contribution is 8.17. The van der Waals surface area contributed by atoms with Crippen molar-refractivity contribution in [3.05, 3.63) is 100.0 Å². The Kier molecular flexibility index (Phi) is 7.33. The van der Waals surface area contributed by atoms with Gasteiger partial charge in [0, 0.05) is 5.41 Å². The van der Waals surface area contributed by atoms with Crippen molar-refractivity contribution in [2.24, 2.45) is 4.99 Å². The molecule has 0 bridgehead atoms. The Hall–Kier alpha value is -4.30. The van der Waals surface area contributed by atoms with Crippen LogP contribution in [0.5, 0.6) is 17.2 Å². The lowest BCUT2D eigenvalue weighted by molar-refractivity contribution is -0.114. The Morgan fingerprint density at radius 1 is 0.947 bits per heavy atom. The maximum Gasteiger partial charge on any atom is 0.283 e. The smallest absolute Gasteiger partial charge is 0.283 e. The number of methoxy groups -OCH3 is 1. The number of carbonyl (C=O) groups excluding carboxylic acids is 1. The Labute approximate surface area is 225 Å². The van der Waals surface area contributed by atoms with Crippen LogP contribution in [0.2, 0.25) is 0 Å². The summed E-state index contributed by atoms with van der Waals surface area (Å²) in [5, 5.41) is 11.2. The van der Waals surface area contributed by atoms with Gasteiger partial charge in [-0.15, -0.1) is 0 Å². The van der Waals surface area contributed by atoms with E-state index in [9.17, 15) is 4.79 Å². The molecule has 0 fully saturated rings. The summed E-state index contributed by atoms with van der Waals surface area (Å²) in [7, 11) is 1.56. The molecule has 2 aliphatic heterocycles. The Morgan fingerprint density at radius 3 is 2.47 bits per heavy atom. The molecule has 0 aliphatic carbocycles. The first-order valence-electron chi connectivity index (χ1n) is 12.1. The van der Waals surface area contributed by atoms with Crippen LogP contribution in [0.3, 0.4) is 0 Å². The van der Waals surface area contributed by atoms with E-state index in [4.69, 9.17) is 19.6 Å². The molecule has 0 radical (unpaired) electrons. The molecule has 2 heterocycles. The third kappa shape index (κ3) is 5.21. The summed E-state index contributed by atoms with van der Waals surface area (Å²) in [6.45, 7) is 4.76. The molecule has 0 spiro atoms. The van der Waals surface area contributed by atoms with Crippen molar-refractivity contribution in [1.29, 1.82) is 5.41 Å². The number of nitrogens with one attached hydrogen (secondary N) is 1. The number of benzene rings is 3. The molecule has 2 aliphatic rings. The highest BCUT2D eigenvalue weighted by atomic mass is 32.2. The van der Waals surface area contributed by atoms with Crippen LogP contribution in [-0.2, 0) is 4.79 Å². The number of aliphatic imine (C=N–C) groups is 1. The number of thioether (sulfide) groups is 1. The van der Waals surface area contributed by atoms with E-state index >= 15 is 0 Å². The molecule has 7 nitrogen and oxygen atoms in total. The van der Waals surface area contributed by atoms with E-state index in [1.165, 1.54) is 11.8 Å². The Morgan fingerprint density at radius 2 is 1.71 bits per heavy atom. The molecular formula is C30H27N3O4S. The lowest BCUT2D eigenvalue weighted by Crippen LogP contribution is -2.38. The van der Waals surface area contributed by atoms with Gasteiger partial charge in [-0.05, 0) is 60.4 Å². The number of amides is 1. The van der Waals surface area contributed by atoms with Gasteiger partial charge in [0.1, 0.15) is 24.8 Å². The third-order valence-corrected chi connectivity index (χ3v) is 6.95. The molecule has 1 amide bonds. The standard InChI is InChI=1S/C30H27N3O4S/c1-19-9-10-20(2)26(15-19)37-14-13-36-25-12-11-21(17-27(25)35-3)16-23-28(31)33-24(22-7-5-4-6-8-22)18-38-30(33)32-29(23)34/h4-12,15-18,31H,13-14H2,1-3H3/b23-16-,31-28?.